The first kappa shape index (κ1) is 14.4. The van der Waals surface area contributed by atoms with E-state index in [4.69, 9.17) is 5.73 Å². The lowest BCUT2D eigenvalue weighted by Crippen LogP contribution is -2.41. The van der Waals surface area contributed by atoms with Gasteiger partial charge < -0.3 is 10.8 Å². The molecular formula is C16H26N2O. The van der Waals surface area contributed by atoms with Gasteiger partial charge in [-0.15, -0.1) is 0 Å². The zero-order valence-corrected chi connectivity index (χ0v) is 12.0. The molecule has 0 spiro atoms. The molecule has 0 bridgehead atoms. The summed E-state index contributed by atoms with van der Waals surface area (Å²) in [6, 6.07) is 8.54. The molecule has 0 radical (unpaired) electrons. The minimum absolute atomic E-state index is 0.328. The Balaban J connectivity index is 2.17. The van der Waals surface area contributed by atoms with Gasteiger partial charge in [-0.25, -0.2) is 0 Å². The van der Waals surface area contributed by atoms with E-state index in [1.165, 1.54) is 24.8 Å². The highest BCUT2D eigenvalue weighted by Gasteiger charge is 2.33. The molecule has 0 aromatic heterocycles. The van der Waals surface area contributed by atoms with Crippen LogP contribution in [-0.4, -0.2) is 29.1 Å². The Kier molecular flexibility index (Phi) is 4.83. The van der Waals surface area contributed by atoms with Gasteiger partial charge in [0.1, 0.15) is 5.75 Å². The van der Waals surface area contributed by atoms with Gasteiger partial charge in [0.25, 0.3) is 0 Å². The lowest BCUT2D eigenvalue weighted by Gasteiger charge is -2.37. The fourth-order valence-corrected chi connectivity index (χ4v) is 3.50. The van der Waals surface area contributed by atoms with Crippen LogP contribution in [0.1, 0.15) is 44.7 Å². The Bertz CT molecular complexity index is 407. The summed E-state index contributed by atoms with van der Waals surface area (Å²) in [6.45, 7) is 6.25. The van der Waals surface area contributed by atoms with Crippen molar-refractivity contribution < 1.29 is 5.11 Å². The smallest absolute Gasteiger partial charge is 0.115 e. The third-order valence-electron chi connectivity index (χ3n) is 4.56. The van der Waals surface area contributed by atoms with Gasteiger partial charge in [0.2, 0.25) is 0 Å². The SMILES string of the molecule is CCN(C(C)c1cccc(O)c1)C1CCCC1CN. The van der Waals surface area contributed by atoms with Gasteiger partial charge in [0, 0.05) is 12.1 Å². The van der Waals surface area contributed by atoms with Gasteiger partial charge in [0.15, 0.2) is 0 Å². The lowest BCUT2D eigenvalue weighted by molar-refractivity contribution is 0.123. The second kappa shape index (κ2) is 6.40. The topological polar surface area (TPSA) is 49.5 Å². The predicted octanol–water partition coefficient (Wildman–Crippen LogP) is 2.90. The van der Waals surface area contributed by atoms with E-state index in [9.17, 15) is 5.11 Å². The zero-order chi connectivity index (χ0) is 13.8. The van der Waals surface area contributed by atoms with Crippen molar-refractivity contribution in [2.24, 2.45) is 11.7 Å². The molecule has 19 heavy (non-hydrogen) atoms. The van der Waals surface area contributed by atoms with E-state index in [1.54, 1.807) is 6.07 Å². The van der Waals surface area contributed by atoms with Gasteiger partial charge in [-0.1, -0.05) is 25.5 Å². The highest BCUT2D eigenvalue weighted by molar-refractivity contribution is 5.29. The molecule has 3 nitrogen and oxygen atoms in total. The highest BCUT2D eigenvalue weighted by Crippen LogP contribution is 2.34. The number of hydrogen-bond acceptors (Lipinski definition) is 3. The molecule has 106 valence electrons. The standard InChI is InChI=1S/C16H26N2O/c1-3-18(16-9-5-7-14(16)11-17)12(2)13-6-4-8-15(19)10-13/h4,6,8,10,12,14,16,19H,3,5,7,9,11,17H2,1-2H3. The normalized spacial score (nSPS) is 24.8. The predicted molar refractivity (Wildman–Crippen MR) is 79.1 cm³/mol. The lowest BCUT2D eigenvalue weighted by atomic mass is 9.98. The highest BCUT2D eigenvalue weighted by atomic mass is 16.3. The summed E-state index contributed by atoms with van der Waals surface area (Å²) in [7, 11) is 0. The third-order valence-corrected chi connectivity index (χ3v) is 4.56. The number of benzene rings is 1. The summed E-state index contributed by atoms with van der Waals surface area (Å²) in [6.07, 6.45) is 3.79. The number of rotatable bonds is 5. The summed E-state index contributed by atoms with van der Waals surface area (Å²) >= 11 is 0. The van der Waals surface area contributed by atoms with E-state index in [-0.39, 0.29) is 0 Å². The summed E-state index contributed by atoms with van der Waals surface area (Å²) in [5.74, 6) is 0.974. The monoisotopic (exact) mass is 262 g/mol. The average Bonchev–Trinajstić information content (AvgIpc) is 2.88. The van der Waals surface area contributed by atoms with Crippen molar-refractivity contribution >= 4 is 0 Å². The largest absolute Gasteiger partial charge is 0.508 e. The number of hydrogen-bond donors (Lipinski definition) is 2. The molecule has 1 saturated carbocycles. The Morgan fingerprint density at radius 1 is 1.42 bits per heavy atom. The summed E-state index contributed by atoms with van der Waals surface area (Å²) in [5.41, 5.74) is 7.10. The maximum atomic E-state index is 9.64. The molecule has 3 N–H and O–H groups in total. The maximum absolute atomic E-state index is 9.64. The average molecular weight is 262 g/mol. The number of phenols is 1. The van der Waals surface area contributed by atoms with Gasteiger partial charge >= 0.3 is 0 Å². The van der Waals surface area contributed by atoms with E-state index in [2.05, 4.69) is 24.8 Å². The van der Waals surface area contributed by atoms with Crippen LogP contribution in [0, 0.1) is 5.92 Å². The Morgan fingerprint density at radius 2 is 2.21 bits per heavy atom. The molecule has 3 heteroatoms. The summed E-state index contributed by atoms with van der Waals surface area (Å²) in [5, 5.41) is 9.64. The molecular weight excluding hydrogens is 236 g/mol. The van der Waals surface area contributed by atoms with Crippen LogP contribution >= 0.6 is 0 Å². The molecule has 0 saturated heterocycles. The van der Waals surface area contributed by atoms with E-state index < -0.39 is 0 Å². The minimum Gasteiger partial charge on any atom is -0.508 e. The minimum atomic E-state index is 0.328. The molecule has 3 unspecified atom stereocenters. The molecule has 2 rings (SSSR count). The second-order valence-electron chi connectivity index (χ2n) is 5.60. The molecule has 3 atom stereocenters. The summed E-state index contributed by atoms with van der Waals surface area (Å²) in [4.78, 5) is 2.54. The quantitative estimate of drug-likeness (QED) is 0.858. The number of aromatic hydroxyl groups is 1. The van der Waals surface area contributed by atoms with Crippen LogP contribution in [0.4, 0.5) is 0 Å². The number of nitrogens with two attached hydrogens (primary N) is 1. The number of phenolic OH excluding ortho intramolecular Hbond substituents is 1. The molecule has 0 aliphatic heterocycles. The Morgan fingerprint density at radius 3 is 2.84 bits per heavy atom. The van der Waals surface area contributed by atoms with E-state index in [0.29, 0.717) is 23.8 Å². The van der Waals surface area contributed by atoms with Crippen molar-refractivity contribution in [3.8, 4) is 5.75 Å². The second-order valence-corrected chi connectivity index (χ2v) is 5.60. The maximum Gasteiger partial charge on any atom is 0.115 e. The Hall–Kier alpha value is -1.06. The van der Waals surface area contributed by atoms with E-state index in [1.807, 2.05) is 12.1 Å². The molecule has 1 aromatic carbocycles. The van der Waals surface area contributed by atoms with Gasteiger partial charge in [0.05, 0.1) is 0 Å². The fourth-order valence-electron chi connectivity index (χ4n) is 3.50. The van der Waals surface area contributed by atoms with Crippen LogP contribution in [-0.2, 0) is 0 Å². The number of nitrogens with zero attached hydrogens (tertiary/aromatic N) is 1. The molecule has 0 heterocycles. The third kappa shape index (κ3) is 3.10. The first-order chi connectivity index (χ1) is 9.17. The first-order valence-electron chi connectivity index (χ1n) is 7.42. The van der Waals surface area contributed by atoms with Crippen LogP contribution < -0.4 is 5.73 Å². The van der Waals surface area contributed by atoms with Gasteiger partial charge in [-0.3, -0.25) is 4.90 Å². The first-order valence-corrected chi connectivity index (χ1v) is 7.42. The molecule has 0 amide bonds. The molecule has 1 aliphatic carbocycles. The van der Waals surface area contributed by atoms with Crippen molar-refractivity contribution in [2.45, 2.75) is 45.2 Å². The molecule has 1 aromatic rings. The van der Waals surface area contributed by atoms with Crippen molar-refractivity contribution in [1.82, 2.24) is 4.90 Å². The van der Waals surface area contributed by atoms with Crippen LogP contribution in [0.3, 0.4) is 0 Å². The molecule has 1 fully saturated rings. The van der Waals surface area contributed by atoms with E-state index >= 15 is 0 Å². The fraction of sp³-hybridized carbons (Fsp3) is 0.625. The van der Waals surface area contributed by atoms with Crippen molar-refractivity contribution in [3.63, 3.8) is 0 Å². The molecule has 1 aliphatic rings. The van der Waals surface area contributed by atoms with Crippen molar-refractivity contribution in [3.05, 3.63) is 29.8 Å². The van der Waals surface area contributed by atoms with Crippen LogP contribution in [0.5, 0.6) is 5.75 Å². The van der Waals surface area contributed by atoms with Gasteiger partial charge in [-0.05, 0) is 56.5 Å². The Labute approximate surface area is 116 Å². The van der Waals surface area contributed by atoms with Crippen LogP contribution in [0.15, 0.2) is 24.3 Å². The van der Waals surface area contributed by atoms with E-state index in [0.717, 1.165) is 13.1 Å². The van der Waals surface area contributed by atoms with Crippen molar-refractivity contribution in [2.75, 3.05) is 13.1 Å². The summed E-state index contributed by atoms with van der Waals surface area (Å²) < 4.78 is 0. The van der Waals surface area contributed by atoms with Gasteiger partial charge in [-0.2, -0.15) is 0 Å². The van der Waals surface area contributed by atoms with Crippen LogP contribution in [0.25, 0.3) is 0 Å². The zero-order valence-electron chi connectivity index (χ0n) is 12.0. The van der Waals surface area contributed by atoms with Crippen molar-refractivity contribution in [1.29, 1.82) is 0 Å². The van der Waals surface area contributed by atoms with Crippen LogP contribution in [0.2, 0.25) is 0 Å².